The van der Waals surface area contributed by atoms with Gasteiger partial charge in [0.25, 0.3) is 11.8 Å². The van der Waals surface area contributed by atoms with Gasteiger partial charge in [0.05, 0.1) is 17.3 Å². The van der Waals surface area contributed by atoms with E-state index in [0.717, 1.165) is 4.90 Å². The highest BCUT2D eigenvalue weighted by atomic mass is 35.5. The maximum atomic E-state index is 12.7. The summed E-state index contributed by atoms with van der Waals surface area (Å²) in [6, 6.07) is 12.5. The summed E-state index contributed by atoms with van der Waals surface area (Å²) in [6.45, 7) is 2.31. The van der Waals surface area contributed by atoms with Crippen LogP contribution in [0.4, 0.5) is 10.5 Å². The highest BCUT2D eigenvalue weighted by Crippen LogP contribution is 2.27. The maximum Gasteiger partial charge on any atom is 0.335 e. The van der Waals surface area contributed by atoms with Gasteiger partial charge in [-0.3, -0.25) is 14.9 Å². The van der Waals surface area contributed by atoms with Gasteiger partial charge in [0.15, 0.2) is 0 Å². The molecule has 4 amide bonds. The zero-order valence-electron chi connectivity index (χ0n) is 13.9. The maximum absolute atomic E-state index is 12.7. The number of urea groups is 1. The van der Waals surface area contributed by atoms with Crippen LogP contribution in [0.15, 0.2) is 54.1 Å². The Morgan fingerprint density at radius 3 is 2.50 bits per heavy atom. The van der Waals surface area contributed by atoms with E-state index in [2.05, 4.69) is 5.32 Å². The van der Waals surface area contributed by atoms with E-state index < -0.39 is 17.8 Å². The molecule has 1 aliphatic heterocycles. The van der Waals surface area contributed by atoms with Crippen molar-refractivity contribution < 1.29 is 19.1 Å². The molecule has 7 heteroatoms. The van der Waals surface area contributed by atoms with Crippen LogP contribution in [-0.4, -0.2) is 24.5 Å². The number of anilines is 1. The number of amides is 4. The molecule has 0 atom stereocenters. The van der Waals surface area contributed by atoms with E-state index in [1.165, 1.54) is 6.08 Å². The van der Waals surface area contributed by atoms with Crippen LogP contribution in [0.25, 0.3) is 6.08 Å². The number of barbiturate groups is 1. The average molecular weight is 371 g/mol. The molecular formula is C19H15ClN2O4. The highest BCUT2D eigenvalue weighted by Gasteiger charge is 2.36. The molecule has 0 aliphatic carbocycles. The van der Waals surface area contributed by atoms with Gasteiger partial charge in [-0.15, -0.1) is 0 Å². The topological polar surface area (TPSA) is 75.7 Å². The largest absolute Gasteiger partial charge is 0.492 e. The van der Waals surface area contributed by atoms with Crippen LogP contribution in [-0.2, 0) is 9.59 Å². The van der Waals surface area contributed by atoms with Crippen molar-refractivity contribution in [2.24, 2.45) is 0 Å². The summed E-state index contributed by atoms with van der Waals surface area (Å²) < 4.78 is 5.36. The third-order valence-corrected chi connectivity index (χ3v) is 3.98. The summed E-state index contributed by atoms with van der Waals surface area (Å²) in [7, 11) is 0. The van der Waals surface area contributed by atoms with Gasteiger partial charge in [0.2, 0.25) is 0 Å². The summed E-state index contributed by atoms with van der Waals surface area (Å²) in [4.78, 5) is 37.9. The Balaban J connectivity index is 1.97. The van der Waals surface area contributed by atoms with Crippen LogP contribution in [0.2, 0.25) is 5.02 Å². The monoisotopic (exact) mass is 370 g/mol. The Morgan fingerprint density at radius 2 is 1.85 bits per heavy atom. The Morgan fingerprint density at radius 1 is 1.12 bits per heavy atom. The first kappa shape index (κ1) is 17.7. The van der Waals surface area contributed by atoms with Gasteiger partial charge in [-0.2, -0.15) is 0 Å². The van der Waals surface area contributed by atoms with E-state index >= 15 is 0 Å². The Bertz CT molecular complexity index is 909. The van der Waals surface area contributed by atoms with Crippen LogP contribution < -0.4 is 15.0 Å². The minimum absolute atomic E-state index is 0.159. The fourth-order valence-corrected chi connectivity index (χ4v) is 2.76. The summed E-state index contributed by atoms with van der Waals surface area (Å²) in [5, 5.41) is 2.54. The lowest BCUT2D eigenvalue weighted by atomic mass is 10.1. The SMILES string of the molecule is CCOc1ccc(/C=C2\C(=O)NC(=O)N(c3ccccc3)C2=O)cc1Cl. The molecule has 2 aromatic rings. The third kappa shape index (κ3) is 3.45. The van der Waals surface area contributed by atoms with Crippen molar-refractivity contribution in [1.29, 1.82) is 0 Å². The molecular weight excluding hydrogens is 356 g/mol. The normalized spacial score (nSPS) is 16.0. The van der Waals surface area contributed by atoms with E-state index in [1.54, 1.807) is 48.5 Å². The second kappa shape index (κ2) is 7.41. The lowest BCUT2D eigenvalue weighted by Gasteiger charge is -2.26. The molecule has 2 aromatic carbocycles. The van der Waals surface area contributed by atoms with Gasteiger partial charge in [0, 0.05) is 0 Å². The minimum Gasteiger partial charge on any atom is -0.492 e. The Labute approximate surface area is 155 Å². The first-order chi connectivity index (χ1) is 12.5. The molecule has 1 saturated heterocycles. The van der Waals surface area contributed by atoms with Gasteiger partial charge in [-0.25, -0.2) is 9.69 Å². The quantitative estimate of drug-likeness (QED) is 0.661. The number of imide groups is 2. The Kier molecular flexibility index (Phi) is 5.04. The second-order valence-electron chi connectivity index (χ2n) is 5.42. The molecule has 1 aliphatic rings. The summed E-state index contributed by atoms with van der Waals surface area (Å²) in [6.07, 6.45) is 1.39. The summed E-state index contributed by atoms with van der Waals surface area (Å²) >= 11 is 6.14. The lowest BCUT2D eigenvalue weighted by Crippen LogP contribution is -2.54. The van der Waals surface area contributed by atoms with Crippen LogP contribution in [0.5, 0.6) is 5.75 Å². The number of nitrogens with one attached hydrogen (secondary N) is 1. The summed E-state index contributed by atoms with van der Waals surface area (Å²) in [5.41, 5.74) is 0.756. The second-order valence-corrected chi connectivity index (χ2v) is 5.82. The number of halogens is 1. The van der Waals surface area contributed by atoms with Crippen molar-refractivity contribution in [2.45, 2.75) is 6.92 Å². The number of benzene rings is 2. The van der Waals surface area contributed by atoms with E-state index in [1.807, 2.05) is 6.92 Å². The predicted molar refractivity (Wildman–Crippen MR) is 98.1 cm³/mol. The van der Waals surface area contributed by atoms with E-state index in [9.17, 15) is 14.4 Å². The van der Waals surface area contributed by atoms with Gasteiger partial charge in [0.1, 0.15) is 11.3 Å². The zero-order valence-corrected chi connectivity index (χ0v) is 14.6. The minimum atomic E-state index is -0.784. The average Bonchev–Trinajstić information content (AvgIpc) is 2.62. The number of ether oxygens (including phenoxy) is 1. The van der Waals surface area contributed by atoms with Crippen molar-refractivity contribution in [3.8, 4) is 5.75 Å². The molecule has 1 fully saturated rings. The fraction of sp³-hybridized carbons (Fsp3) is 0.105. The van der Waals surface area contributed by atoms with Gasteiger partial charge < -0.3 is 4.74 Å². The standard InChI is InChI=1S/C19H15ClN2O4/c1-2-26-16-9-8-12(11-15(16)20)10-14-17(23)21-19(25)22(18(14)24)13-6-4-3-5-7-13/h3-11H,2H2,1H3,(H,21,23,25)/b14-10+. The summed E-state index contributed by atoms with van der Waals surface area (Å²) in [5.74, 6) is -0.941. The molecule has 0 aromatic heterocycles. The number of rotatable bonds is 4. The van der Waals surface area contributed by atoms with Crippen LogP contribution in [0.3, 0.4) is 0 Å². The van der Waals surface area contributed by atoms with Crippen LogP contribution in [0, 0.1) is 0 Å². The van der Waals surface area contributed by atoms with Crippen molar-refractivity contribution in [1.82, 2.24) is 5.32 Å². The van der Waals surface area contributed by atoms with Gasteiger partial charge >= 0.3 is 6.03 Å². The van der Waals surface area contributed by atoms with E-state index in [0.29, 0.717) is 28.6 Å². The van der Waals surface area contributed by atoms with Crippen molar-refractivity contribution >= 4 is 41.2 Å². The van der Waals surface area contributed by atoms with Crippen molar-refractivity contribution in [2.75, 3.05) is 11.5 Å². The molecule has 1 heterocycles. The van der Waals surface area contributed by atoms with E-state index in [4.69, 9.17) is 16.3 Å². The molecule has 0 saturated carbocycles. The molecule has 0 unspecified atom stereocenters. The number of para-hydroxylation sites is 1. The molecule has 0 bridgehead atoms. The van der Waals surface area contributed by atoms with Gasteiger partial charge in [-0.1, -0.05) is 35.9 Å². The fourth-order valence-electron chi connectivity index (χ4n) is 2.52. The zero-order chi connectivity index (χ0) is 18.7. The lowest BCUT2D eigenvalue weighted by molar-refractivity contribution is -0.122. The molecule has 26 heavy (non-hydrogen) atoms. The molecule has 1 N–H and O–H groups in total. The van der Waals surface area contributed by atoms with Gasteiger partial charge in [-0.05, 0) is 42.8 Å². The third-order valence-electron chi connectivity index (χ3n) is 3.68. The number of carbonyl (C=O) groups excluding carboxylic acids is 3. The van der Waals surface area contributed by atoms with E-state index in [-0.39, 0.29) is 5.57 Å². The molecule has 0 radical (unpaired) electrons. The first-order valence-corrected chi connectivity index (χ1v) is 8.28. The first-order valence-electron chi connectivity index (χ1n) is 7.90. The number of hydrogen-bond donors (Lipinski definition) is 1. The molecule has 6 nitrogen and oxygen atoms in total. The number of carbonyl (C=O) groups is 3. The van der Waals surface area contributed by atoms with Crippen molar-refractivity contribution in [3.63, 3.8) is 0 Å². The number of nitrogens with zero attached hydrogens (tertiary/aromatic N) is 1. The highest BCUT2D eigenvalue weighted by molar-refractivity contribution is 6.39. The van der Waals surface area contributed by atoms with Crippen molar-refractivity contribution in [3.05, 3.63) is 64.7 Å². The predicted octanol–water partition coefficient (Wildman–Crippen LogP) is 3.41. The molecule has 132 valence electrons. The number of hydrogen-bond acceptors (Lipinski definition) is 4. The Hall–Kier alpha value is -3.12. The van der Waals surface area contributed by atoms with Crippen LogP contribution in [0.1, 0.15) is 12.5 Å². The molecule has 3 rings (SSSR count). The molecule has 0 spiro atoms. The van der Waals surface area contributed by atoms with Crippen LogP contribution >= 0.6 is 11.6 Å². The smallest absolute Gasteiger partial charge is 0.335 e.